The van der Waals surface area contributed by atoms with Crippen molar-refractivity contribution in [3.05, 3.63) is 32.5 Å². The van der Waals surface area contributed by atoms with E-state index in [-0.39, 0.29) is 21.3 Å². The van der Waals surface area contributed by atoms with Crippen molar-refractivity contribution in [3.63, 3.8) is 0 Å². The van der Waals surface area contributed by atoms with E-state index in [1.165, 1.54) is 0 Å². The summed E-state index contributed by atoms with van der Waals surface area (Å²) in [7, 11) is 0. The number of hydrogen-bond acceptors (Lipinski definition) is 3. The molecule has 0 unspecified atom stereocenters. The second kappa shape index (κ2) is 6.39. The molecule has 1 fully saturated rings. The van der Waals surface area contributed by atoms with Gasteiger partial charge in [-0.25, -0.2) is 4.39 Å². The van der Waals surface area contributed by atoms with E-state index in [0.717, 1.165) is 43.1 Å². The van der Waals surface area contributed by atoms with Crippen molar-refractivity contribution in [1.82, 2.24) is 0 Å². The Kier molecular flexibility index (Phi) is 5.01. The fourth-order valence-electron chi connectivity index (χ4n) is 2.45. The number of nitrogens with zero attached hydrogens (tertiary/aromatic N) is 1. The lowest BCUT2D eigenvalue weighted by Crippen LogP contribution is -2.27. The number of rotatable bonds is 5. The van der Waals surface area contributed by atoms with E-state index in [1.54, 1.807) is 0 Å². The van der Waals surface area contributed by atoms with E-state index >= 15 is 0 Å². The van der Waals surface area contributed by atoms with Gasteiger partial charge in [-0.3, -0.25) is 10.1 Å². The van der Waals surface area contributed by atoms with E-state index in [1.807, 2.05) is 0 Å². The Morgan fingerprint density at radius 1 is 1.40 bits per heavy atom. The Balaban J connectivity index is 2.20. The second-order valence-electron chi connectivity index (χ2n) is 5.12. The predicted octanol–water partition coefficient (Wildman–Crippen LogP) is 4.83. The first-order valence-electron chi connectivity index (χ1n) is 6.30. The average molecular weight is 411 g/mol. The van der Waals surface area contributed by atoms with Crippen LogP contribution in [0.5, 0.6) is 5.75 Å². The van der Waals surface area contributed by atoms with Gasteiger partial charge in [-0.2, -0.15) is 0 Å². The fraction of sp³-hybridized carbons (Fsp3) is 0.538. The molecule has 0 heterocycles. The zero-order chi connectivity index (χ0) is 14.8. The first-order chi connectivity index (χ1) is 9.47. The smallest absolute Gasteiger partial charge is 0.312 e. The lowest BCUT2D eigenvalue weighted by molar-refractivity contribution is -0.386. The third-order valence-electron chi connectivity index (χ3n) is 3.68. The highest BCUT2D eigenvalue weighted by Crippen LogP contribution is 2.41. The van der Waals surface area contributed by atoms with Gasteiger partial charge in [0.15, 0.2) is 5.75 Å². The number of alkyl halides is 1. The zero-order valence-electron chi connectivity index (χ0n) is 10.7. The molecule has 0 aromatic heterocycles. The molecule has 0 bridgehead atoms. The Morgan fingerprint density at radius 3 is 2.60 bits per heavy atom. The Bertz CT molecular complexity index is 519. The minimum Gasteiger partial charge on any atom is -0.486 e. The highest BCUT2D eigenvalue weighted by molar-refractivity contribution is 9.10. The van der Waals surface area contributed by atoms with Crippen molar-refractivity contribution >= 4 is 37.5 Å². The quantitative estimate of drug-likeness (QED) is 0.396. The molecule has 1 aliphatic rings. The molecular formula is C13H14Br2FNO3. The third kappa shape index (κ3) is 3.31. The average Bonchev–Trinajstić information content (AvgIpc) is 2.89. The number of nitro groups is 1. The highest BCUT2D eigenvalue weighted by Gasteiger charge is 2.34. The van der Waals surface area contributed by atoms with E-state index in [9.17, 15) is 14.5 Å². The molecule has 1 aliphatic carbocycles. The molecule has 0 N–H and O–H groups in total. The van der Waals surface area contributed by atoms with Crippen LogP contribution in [0.1, 0.15) is 25.7 Å². The zero-order valence-corrected chi connectivity index (χ0v) is 13.9. The van der Waals surface area contributed by atoms with E-state index in [2.05, 4.69) is 31.9 Å². The van der Waals surface area contributed by atoms with Gasteiger partial charge < -0.3 is 4.74 Å². The molecule has 0 aliphatic heterocycles. The maximum Gasteiger partial charge on any atom is 0.312 e. The van der Waals surface area contributed by atoms with Crippen LogP contribution >= 0.6 is 31.9 Å². The van der Waals surface area contributed by atoms with Crippen LogP contribution in [-0.2, 0) is 0 Å². The number of nitro benzene ring substituents is 1. The van der Waals surface area contributed by atoms with Gasteiger partial charge in [-0.15, -0.1) is 0 Å². The summed E-state index contributed by atoms with van der Waals surface area (Å²) in [6.45, 7) is 0.361. The summed E-state index contributed by atoms with van der Waals surface area (Å²) in [5.74, 6) is -0.576. The summed E-state index contributed by atoms with van der Waals surface area (Å²) in [5.41, 5.74) is -0.224. The maximum atomic E-state index is 13.5. The number of benzene rings is 1. The molecule has 0 saturated heterocycles. The standard InChI is InChI=1S/C13H14Br2FNO3/c14-7-13(3-1-2-4-13)8-20-12-6-10(16)9(15)5-11(12)17(18)19/h5-6H,1-4,7-8H2. The molecule has 20 heavy (non-hydrogen) atoms. The topological polar surface area (TPSA) is 52.4 Å². The van der Waals surface area contributed by atoms with E-state index in [4.69, 9.17) is 4.74 Å². The van der Waals surface area contributed by atoms with Crippen LogP contribution in [0.4, 0.5) is 10.1 Å². The van der Waals surface area contributed by atoms with Crippen molar-refractivity contribution in [2.45, 2.75) is 25.7 Å². The molecule has 0 atom stereocenters. The Morgan fingerprint density at radius 2 is 2.05 bits per heavy atom. The van der Waals surface area contributed by atoms with Crippen molar-refractivity contribution in [3.8, 4) is 5.75 Å². The SMILES string of the molecule is O=[N+]([O-])c1cc(Br)c(F)cc1OCC1(CBr)CCCC1. The minimum absolute atomic E-state index is 0.00256. The lowest BCUT2D eigenvalue weighted by atomic mass is 9.90. The monoisotopic (exact) mass is 409 g/mol. The van der Waals surface area contributed by atoms with Gasteiger partial charge in [0.25, 0.3) is 0 Å². The summed E-state index contributed by atoms with van der Waals surface area (Å²) < 4.78 is 19.2. The molecule has 4 nitrogen and oxygen atoms in total. The van der Waals surface area contributed by atoms with Crippen LogP contribution in [0.3, 0.4) is 0 Å². The first kappa shape index (κ1) is 15.7. The Labute approximate surface area is 133 Å². The van der Waals surface area contributed by atoms with E-state index < -0.39 is 10.7 Å². The normalized spacial score (nSPS) is 17.1. The molecule has 110 valence electrons. The van der Waals surface area contributed by atoms with Crippen molar-refractivity contribution < 1.29 is 14.1 Å². The van der Waals surface area contributed by atoms with E-state index in [0.29, 0.717) is 6.61 Å². The second-order valence-corrected chi connectivity index (χ2v) is 6.54. The molecule has 2 rings (SSSR count). The fourth-order valence-corrected chi connectivity index (χ4v) is 3.50. The van der Waals surface area contributed by atoms with Gasteiger partial charge in [0, 0.05) is 22.9 Å². The summed E-state index contributed by atoms with van der Waals surface area (Å²) in [4.78, 5) is 10.4. The molecule has 1 aromatic rings. The van der Waals surface area contributed by atoms with Gasteiger partial charge in [0.1, 0.15) is 5.82 Å². The van der Waals surface area contributed by atoms with Crippen molar-refractivity contribution in [2.75, 3.05) is 11.9 Å². The molecule has 1 aromatic carbocycles. The minimum atomic E-state index is -0.565. The molecule has 7 heteroatoms. The molecule has 0 amide bonds. The van der Waals surface area contributed by atoms with Crippen LogP contribution in [0, 0.1) is 21.3 Å². The molecule has 1 saturated carbocycles. The van der Waals surface area contributed by atoms with Gasteiger partial charge in [0.05, 0.1) is 16.0 Å². The van der Waals surface area contributed by atoms with Crippen molar-refractivity contribution in [1.29, 1.82) is 0 Å². The van der Waals surface area contributed by atoms with Gasteiger partial charge >= 0.3 is 5.69 Å². The van der Waals surface area contributed by atoms with Crippen molar-refractivity contribution in [2.24, 2.45) is 5.41 Å². The molecule has 0 radical (unpaired) electrons. The predicted molar refractivity (Wildman–Crippen MR) is 80.9 cm³/mol. The third-order valence-corrected chi connectivity index (χ3v) is 5.48. The van der Waals surface area contributed by atoms with Gasteiger partial charge in [-0.05, 0) is 28.8 Å². The summed E-state index contributed by atoms with van der Waals surface area (Å²) in [6, 6.07) is 2.21. The highest BCUT2D eigenvalue weighted by atomic mass is 79.9. The number of hydrogen-bond donors (Lipinski definition) is 0. The first-order valence-corrected chi connectivity index (χ1v) is 8.21. The Hall–Kier alpha value is -0.690. The number of ether oxygens (including phenoxy) is 1. The van der Waals surface area contributed by atoms with Crippen LogP contribution in [0.15, 0.2) is 16.6 Å². The van der Waals surface area contributed by atoms with Crippen LogP contribution in [0.2, 0.25) is 0 Å². The largest absolute Gasteiger partial charge is 0.486 e. The van der Waals surface area contributed by atoms with Gasteiger partial charge in [0.2, 0.25) is 0 Å². The molecule has 0 spiro atoms. The van der Waals surface area contributed by atoms with Crippen LogP contribution in [0.25, 0.3) is 0 Å². The van der Waals surface area contributed by atoms with Gasteiger partial charge in [-0.1, -0.05) is 28.8 Å². The molecular weight excluding hydrogens is 397 g/mol. The maximum absolute atomic E-state index is 13.5. The summed E-state index contributed by atoms with van der Waals surface area (Å²) in [6.07, 6.45) is 4.30. The lowest BCUT2D eigenvalue weighted by Gasteiger charge is -2.26. The van der Waals surface area contributed by atoms with Crippen LogP contribution in [-0.4, -0.2) is 16.9 Å². The summed E-state index contributed by atoms with van der Waals surface area (Å²) in [5, 5.41) is 11.8. The summed E-state index contributed by atoms with van der Waals surface area (Å²) >= 11 is 6.43. The number of halogens is 3. The van der Waals surface area contributed by atoms with Crippen LogP contribution < -0.4 is 4.74 Å².